The molecule has 1 aromatic heterocycles. The number of hydrogen-bond acceptors (Lipinski definition) is 3. The number of amides is 1. The second-order valence-electron chi connectivity index (χ2n) is 6.03. The summed E-state index contributed by atoms with van der Waals surface area (Å²) in [6, 6.07) is 7.68. The van der Waals surface area contributed by atoms with Gasteiger partial charge >= 0.3 is 0 Å². The van der Waals surface area contributed by atoms with Crippen molar-refractivity contribution in [3.05, 3.63) is 46.8 Å². The van der Waals surface area contributed by atoms with E-state index >= 15 is 0 Å². The smallest absolute Gasteiger partial charge is 0.261 e. The molecule has 1 aromatic carbocycles. The summed E-state index contributed by atoms with van der Waals surface area (Å²) in [5.41, 5.74) is 2.89. The monoisotopic (exact) mass is 272 g/mol. The topological polar surface area (TPSA) is 55.1 Å². The predicted octanol–water partition coefficient (Wildman–Crippen LogP) is 3.84. The molecule has 0 saturated carbocycles. The van der Waals surface area contributed by atoms with Crippen molar-refractivity contribution < 1.29 is 9.32 Å². The highest BCUT2D eigenvalue weighted by Crippen LogP contribution is 2.27. The van der Waals surface area contributed by atoms with Crippen LogP contribution in [0, 0.1) is 13.8 Å². The number of benzene rings is 1. The molecule has 1 heterocycles. The minimum Gasteiger partial charge on any atom is -0.361 e. The van der Waals surface area contributed by atoms with E-state index < -0.39 is 0 Å². The third kappa shape index (κ3) is 2.90. The largest absolute Gasteiger partial charge is 0.361 e. The Morgan fingerprint density at radius 1 is 1.15 bits per heavy atom. The van der Waals surface area contributed by atoms with Crippen molar-refractivity contribution in [2.75, 3.05) is 5.32 Å². The molecule has 0 spiro atoms. The van der Waals surface area contributed by atoms with Gasteiger partial charge in [-0.15, -0.1) is 0 Å². The molecular formula is C16H20N2O2. The fraction of sp³-hybridized carbons (Fsp3) is 0.375. The third-order valence-electron chi connectivity index (χ3n) is 3.11. The first-order valence-electron chi connectivity index (χ1n) is 6.64. The van der Waals surface area contributed by atoms with Gasteiger partial charge in [0.25, 0.3) is 5.91 Å². The Morgan fingerprint density at radius 2 is 1.75 bits per heavy atom. The number of anilines is 1. The lowest BCUT2D eigenvalue weighted by molar-refractivity contribution is 0.102. The van der Waals surface area contributed by atoms with Gasteiger partial charge in [-0.1, -0.05) is 43.6 Å². The van der Waals surface area contributed by atoms with Gasteiger partial charge in [0.05, 0.1) is 0 Å². The standard InChI is InChI=1S/C16H20N2O2/c1-10-6-8-12(9-7-10)17-15(19)13-11(2)20-18-14(13)16(3,4)5/h6-9H,1-5H3,(H,17,19). The minimum atomic E-state index is -0.238. The average molecular weight is 272 g/mol. The second kappa shape index (κ2) is 5.12. The maximum Gasteiger partial charge on any atom is 0.261 e. The molecule has 0 radical (unpaired) electrons. The van der Waals surface area contributed by atoms with Crippen LogP contribution < -0.4 is 5.32 Å². The molecule has 0 aliphatic heterocycles. The lowest BCUT2D eigenvalue weighted by Gasteiger charge is -2.16. The summed E-state index contributed by atoms with van der Waals surface area (Å²) >= 11 is 0. The lowest BCUT2D eigenvalue weighted by atomic mass is 9.88. The van der Waals surface area contributed by atoms with Crippen molar-refractivity contribution in [2.24, 2.45) is 0 Å². The summed E-state index contributed by atoms with van der Waals surface area (Å²) < 4.78 is 5.19. The average Bonchev–Trinajstić information content (AvgIpc) is 2.74. The van der Waals surface area contributed by atoms with Crippen LogP contribution in [0.2, 0.25) is 0 Å². The SMILES string of the molecule is Cc1ccc(NC(=O)c2c(C(C)(C)C)noc2C)cc1. The first kappa shape index (κ1) is 14.3. The first-order chi connectivity index (χ1) is 9.29. The van der Waals surface area contributed by atoms with Gasteiger partial charge in [0.1, 0.15) is 17.0 Å². The molecule has 4 nitrogen and oxygen atoms in total. The lowest BCUT2D eigenvalue weighted by Crippen LogP contribution is -2.21. The zero-order valence-corrected chi connectivity index (χ0v) is 12.6. The van der Waals surface area contributed by atoms with E-state index in [-0.39, 0.29) is 11.3 Å². The highest BCUT2D eigenvalue weighted by Gasteiger charge is 2.28. The van der Waals surface area contributed by atoms with Crippen LogP contribution in [-0.4, -0.2) is 11.1 Å². The highest BCUT2D eigenvalue weighted by atomic mass is 16.5. The van der Waals surface area contributed by atoms with Crippen LogP contribution in [0.25, 0.3) is 0 Å². The number of aryl methyl sites for hydroxylation is 2. The summed E-state index contributed by atoms with van der Waals surface area (Å²) in [6.45, 7) is 9.78. The number of rotatable bonds is 2. The molecular weight excluding hydrogens is 252 g/mol. The van der Waals surface area contributed by atoms with E-state index in [1.807, 2.05) is 52.0 Å². The van der Waals surface area contributed by atoms with Gasteiger partial charge in [-0.3, -0.25) is 4.79 Å². The van der Waals surface area contributed by atoms with E-state index in [9.17, 15) is 4.79 Å². The van der Waals surface area contributed by atoms with Gasteiger partial charge in [-0.05, 0) is 26.0 Å². The zero-order valence-electron chi connectivity index (χ0n) is 12.6. The molecule has 0 bridgehead atoms. The van der Waals surface area contributed by atoms with Gasteiger partial charge in [0, 0.05) is 11.1 Å². The summed E-state index contributed by atoms with van der Waals surface area (Å²) in [5.74, 6) is 0.358. The third-order valence-corrected chi connectivity index (χ3v) is 3.11. The molecule has 0 fully saturated rings. The maximum atomic E-state index is 12.4. The number of carbonyl (C=O) groups is 1. The van der Waals surface area contributed by atoms with E-state index in [0.29, 0.717) is 17.0 Å². The normalized spacial score (nSPS) is 11.4. The minimum absolute atomic E-state index is 0.183. The molecule has 2 rings (SSSR count). The van der Waals surface area contributed by atoms with Crippen LogP contribution in [0.3, 0.4) is 0 Å². The molecule has 1 N–H and O–H groups in total. The van der Waals surface area contributed by atoms with Crippen LogP contribution in [-0.2, 0) is 5.41 Å². The van der Waals surface area contributed by atoms with Crippen molar-refractivity contribution in [3.63, 3.8) is 0 Å². The molecule has 106 valence electrons. The molecule has 0 aliphatic carbocycles. The van der Waals surface area contributed by atoms with Crippen LogP contribution >= 0.6 is 0 Å². The van der Waals surface area contributed by atoms with Crippen molar-refractivity contribution in [1.82, 2.24) is 5.16 Å². The number of carbonyl (C=O) groups excluding carboxylic acids is 1. The van der Waals surface area contributed by atoms with Gasteiger partial charge < -0.3 is 9.84 Å². The molecule has 0 atom stereocenters. The highest BCUT2D eigenvalue weighted by molar-refractivity contribution is 6.05. The number of nitrogens with one attached hydrogen (secondary N) is 1. The Balaban J connectivity index is 2.30. The van der Waals surface area contributed by atoms with E-state index in [1.165, 1.54) is 0 Å². The Hall–Kier alpha value is -2.10. The van der Waals surface area contributed by atoms with Crippen molar-refractivity contribution in [1.29, 1.82) is 0 Å². The molecule has 4 heteroatoms. The summed E-state index contributed by atoms with van der Waals surface area (Å²) in [7, 11) is 0. The molecule has 1 amide bonds. The fourth-order valence-corrected chi connectivity index (χ4v) is 1.98. The molecule has 0 unspecified atom stereocenters. The van der Waals surface area contributed by atoms with E-state index in [0.717, 1.165) is 11.3 Å². The fourth-order valence-electron chi connectivity index (χ4n) is 1.98. The molecule has 0 saturated heterocycles. The molecule has 0 aliphatic rings. The van der Waals surface area contributed by atoms with Gasteiger partial charge in [0.15, 0.2) is 0 Å². The van der Waals surface area contributed by atoms with Crippen LogP contribution in [0.1, 0.15) is 48.1 Å². The summed E-state index contributed by atoms with van der Waals surface area (Å²) in [5, 5.41) is 6.91. The Labute approximate surface area is 119 Å². The summed E-state index contributed by atoms with van der Waals surface area (Å²) in [4.78, 5) is 12.4. The Morgan fingerprint density at radius 3 is 2.30 bits per heavy atom. The number of nitrogens with zero attached hydrogens (tertiary/aromatic N) is 1. The van der Waals surface area contributed by atoms with Gasteiger partial charge in [-0.25, -0.2) is 0 Å². The Bertz CT molecular complexity index is 619. The zero-order chi connectivity index (χ0) is 14.9. The van der Waals surface area contributed by atoms with Crippen molar-refractivity contribution in [2.45, 2.75) is 40.0 Å². The molecule has 20 heavy (non-hydrogen) atoms. The van der Waals surface area contributed by atoms with Gasteiger partial charge in [0.2, 0.25) is 0 Å². The van der Waals surface area contributed by atoms with Crippen LogP contribution in [0.15, 0.2) is 28.8 Å². The van der Waals surface area contributed by atoms with Crippen LogP contribution in [0.5, 0.6) is 0 Å². The van der Waals surface area contributed by atoms with Crippen molar-refractivity contribution >= 4 is 11.6 Å². The number of hydrogen-bond donors (Lipinski definition) is 1. The predicted molar refractivity (Wildman–Crippen MR) is 79.1 cm³/mol. The summed E-state index contributed by atoms with van der Waals surface area (Å²) in [6.07, 6.45) is 0. The van der Waals surface area contributed by atoms with E-state index in [4.69, 9.17) is 4.52 Å². The second-order valence-corrected chi connectivity index (χ2v) is 6.03. The number of aromatic nitrogens is 1. The van der Waals surface area contributed by atoms with Crippen LogP contribution in [0.4, 0.5) is 5.69 Å². The van der Waals surface area contributed by atoms with E-state index in [2.05, 4.69) is 10.5 Å². The Kier molecular flexibility index (Phi) is 3.66. The first-order valence-corrected chi connectivity index (χ1v) is 6.64. The van der Waals surface area contributed by atoms with E-state index in [1.54, 1.807) is 6.92 Å². The molecule has 2 aromatic rings. The van der Waals surface area contributed by atoms with Crippen molar-refractivity contribution in [3.8, 4) is 0 Å². The van der Waals surface area contributed by atoms with Gasteiger partial charge in [-0.2, -0.15) is 0 Å². The maximum absolute atomic E-state index is 12.4. The quantitative estimate of drug-likeness (QED) is 0.903.